The molecule has 1 aromatic carbocycles. The number of amides is 1. The fraction of sp³-hybridized carbons (Fsp3) is 0.526. The largest absolute Gasteiger partial charge is 0.396 e. The van der Waals surface area contributed by atoms with Gasteiger partial charge in [0.15, 0.2) is 0 Å². The lowest BCUT2D eigenvalue weighted by Gasteiger charge is -2.35. The van der Waals surface area contributed by atoms with Crippen molar-refractivity contribution in [1.82, 2.24) is 5.32 Å². The van der Waals surface area contributed by atoms with Gasteiger partial charge in [-0.1, -0.05) is 56.5 Å². The molecule has 1 aromatic rings. The first kappa shape index (κ1) is 16.8. The Balaban J connectivity index is 1.97. The summed E-state index contributed by atoms with van der Waals surface area (Å²) in [5.74, 6) is -0.0564. The molecule has 0 spiro atoms. The van der Waals surface area contributed by atoms with Crippen molar-refractivity contribution in [2.75, 3.05) is 13.2 Å². The van der Waals surface area contributed by atoms with Gasteiger partial charge in [-0.15, -0.1) is 0 Å². The molecule has 1 aliphatic carbocycles. The van der Waals surface area contributed by atoms with Gasteiger partial charge < -0.3 is 10.4 Å². The zero-order valence-electron chi connectivity index (χ0n) is 13.5. The summed E-state index contributed by atoms with van der Waals surface area (Å²) in [6.45, 7) is 2.80. The Morgan fingerprint density at radius 1 is 1.23 bits per heavy atom. The van der Waals surface area contributed by atoms with Crippen LogP contribution in [-0.2, 0) is 4.79 Å². The van der Waals surface area contributed by atoms with Crippen LogP contribution >= 0.6 is 0 Å². The van der Waals surface area contributed by atoms with E-state index in [4.69, 9.17) is 0 Å². The second-order valence-electron chi connectivity index (χ2n) is 6.33. The fourth-order valence-corrected chi connectivity index (χ4v) is 3.22. The van der Waals surface area contributed by atoms with Gasteiger partial charge in [-0.2, -0.15) is 0 Å². The number of benzene rings is 1. The minimum atomic E-state index is -0.110. The third-order valence-corrected chi connectivity index (χ3v) is 4.72. The van der Waals surface area contributed by atoms with E-state index in [-0.39, 0.29) is 17.9 Å². The van der Waals surface area contributed by atoms with Crippen LogP contribution in [0.1, 0.15) is 51.0 Å². The molecular formula is C19H27NO2. The van der Waals surface area contributed by atoms with E-state index in [2.05, 4.69) is 12.2 Å². The van der Waals surface area contributed by atoms with Crippen LogP contribution in [0.4, 0.5) is 0 Å². The average molecular weight is 301 g/mol. The van der Waals surface area contributed by atoms with E-state index >= 15 is 0 Å². The van der Waals surface area contributed by atoms with Crippen LogP contribution in [0.5, 0.6) is 0 Å². The van der Waals surface area contributed by atoms with Gasteiger partial charge in [0, 0.05) is 18.0 Å². The van der Waals surface area contributed by atoms with Crippen LogP contribution in [0.3, 0.4) is 0 Å². The molecule has 2 rings (SSSR count). The minimum Gasteiger partial charge on any atom is -0.396 e. The van der Waals surface area contributed by atoms with E-state index < -0.39 is 0 Å². The highest BCUT2D eigenvalue weighted by Crippen LogP contribution is 2.35. The Hall–Kier alpha value is -1.61. The van der Waals surface area contributed by atoms with E-state index in [1.54, 1.807) is 6.08 Å². The summed E-state index contributed by atoms with van der Waals surface area (Å²) in [4.78, 5) is 12.2. The first-order valence-electron chi connectivity index (χ1n) is 8.34. The summed E-state index contributed by atoms with van der Waals surface area (Å²) in [7, 11) is 0. The molecule has 0 unspecified atom stereocenters. The number of aliphatic hydroxyl groups is 1. The van der Waals surface area contributed by atoms with Crippen molar-refractivity contribution in [3.63, 3.8) is 0 Å². The number of aliphatic hydroxyl groups excluding tert-OH is 1. The molecule has 0 heterocycles. The lowest BCUT2D eigenvalue weighted by atomic mass is 9.74. The lowest BCUT2D eigenvalue weighted by Crippen LogP contribution is -2.41. The van der Waals surface area contributed by atoms with Crippen molar-refractivity contribution < 1.29 is 9.90 Å². The molecule has 3 heteroatoms. The number of carbonyl (C=O) groups excluding carboxylic acids is 1. The molecule has 0 bridgehead atoms. The van der Waals surface area contributed by atoms with Crippen LogP contribution in [0, 0.1) is 5.41 Å². The molecule has 0 saturated heterocycles. The highest BCUT2D eigenvalue weighted by Gasteiger charge is 2.31. The van der Waals surface area contributed by atoms with Gasteiger partial charge in [-0.05, 0) is 30.4 Å². The number of hydrogen-bond acceptors (Lipinski definition) is 2. The van der Waals surface area contributed by atoms with Crippen molar-refractivity contribution in [3.05, 3.63) is 42.0 Å². The van der Waals surface area contributed by atoms with Crippen LogP contribution < -0.4 is 5.32 Å². The Labute approximate surface area is 133 Å². The predicted molar refractivity (Wildman–Crippen MR) is 90.3 cm³/mol. The highest BCUT2D eigenvalue weighted by atomic mass is 16.3. The molecular weight excluding hydrogens is 274 g/mol. The maximum atomic E-state index is 12.2. The molecule has 3 nitrogen and oxygen atoms in total. The van der Waals surface area contributed by atoms with Gasteiger partial charge in [0.05, 0.1) is 6.61 Å². The van der Waals surface area contributed by atoms with Gasteiger partial charge in [-0.3, -0.25) is 4.79 Å². The van der Waals surface area contributed by atoms with Gasteiger partial charge in [0.25, 0.3) is 0 Å². The van der Waals surface area contributed by atoms with E-state index in [0.29, 0.717) is 6.54 Å². The standard InChI is InChI=1S/C19H27NO2/c1-2-16(17-9-5-3-6-10-17)13-18(22)20-14-19(15-21)11-7-4-8-12-19/h3,5-6,9-10,13,21H,2,4,7-8,11-12,14-15H2,1H3,(H,20,22)/b16-13+. The van der Waals surface area contributed by atoms with Crippen molar-refractivity contribution in [2.45, 2.75) is 45.4 Å². The normalized spacial score (nSPS) is 18.0. The monoisotopic (exact) mass is 301 g/mol. The minimum absolute atomic E-state index is 0.0564. The van der Waals surface area contributed by atoms with Crippen LogP contribution in [-0.4, -0.2) is 24.2 Å². The van der Waals surface area contributed by atoms with Gasteiger partial charge in [0.2, 0.25) is 5.91 Å². The van der Waals surface area contributed by atoms with E-state index in [0.717, 1.165) is 43.2 Å². The second-order valence-corrected chi connectivity index (χ2v) is 6.33. The number of nitrogens with one attached hydrogen (secondary N) is 1. The molecule has 1 aliphatic rings. The van der Waals surface area contributed by atoms with E-state index in [9.17, 15) is 9.90 Å². The molecule has 2 N–H and O–H groups in total. The molecule has 1 fully saturated rings. The number of allylic oxidation sites excluding steroid dienone is 1. The van der Waals surface area contributed by atoms with Crippen LogP contribution in [0.25, 0.3) is 5.57 Å². The average Bonchev–Trinajstić information content (AvgIpc) is 2.59. The molecule has 1 saturated carbocycles. The lowest BCUT2D eigenvalue weighted by molar-refractivity contribution is -0.117. The molecule has 0 radical (unpaired) electrons. The first-order chi connectivity index (χ1) is 10.7. The summed E-state index contributed by atoms with van der Waals surface area (Å²) in [6.07, 6.45) is 8.07. The maximum Gasteiger partial charge on any atom is 0.244 e. The first-order valence-corrected chi connectivity index (χ1v) is 8.34. The van der Waals surface area contributed by atoms with E-state index in [1.165, 1.54) is 6.42 Å². The summed E-state index contributed by atoms with van der Waals surface area (Å²) >= 11 is 0. The summed E-state index contributed by atoms with van der Waals surface area (Å²) < 4.78 is 0. The number of carbonyl (C=O) groups is 1. The van der Waals surface area contributed by atoms with Crippen molar-refractivity contribution in [1.29, 1.82) is 0 Å². The molecule has 22 heavy (non-hydrogen) atoms. The second kappa shape index (κ2) is 8.14. The smallest absolute Gasteiger partial charge is 0.244 e. The Morgan fingerprint density at radius 3 is 2.50 bits per heavy atom. The number of rotatable bonds is 6. The Morgan fingerprint density at radius 2 is 1.91 bits per heavy atom. The fourth-order valence-electron chi connectivity index (χ4n) is 3.22. The summed E-state index contributed by atoms with van der Waals surface area (Å²) in [5, 5.41) is 12.7. The molecule has 1 amide bonds. The van der Waals surface area contributed by atoms with Crippen LogP contribution in [0.15, 0.2) is 36.4 Å². The van der Waals surface area contributed by atoms with Crippen molar-refractivity contribution in [3.8, 4) is 0 Å². The highest BCUT2D eigenvalue weighted by molar-refractivity contribution is 5.95. The quantitative estimate of drug-likeness (QED) is 0.790. The Kier molecular flexibility index (Phi) is 6.20. The molecule has 0 atom stereocenters. The number of hydrogen-bond donors (Lipinski definition) is 2. The molecule has 120 valence electrons. The van der Waals surface area contributed by atoms with E-state index in [1.807, 2.05) is 30.3 Å². The molecule has 0 aromatic heterocycles. The van der Waals surface area contributed by atoms with Gasteiger partial charge in [-0.25, -0.2) is 0 Å². The topological polar surface area (TPSA) is 49.3 Å². The summed E-state index contributed by atoms with van der Waals surface area (Å²) in [6, 6.07) is 10.0. The maximum absolute atomic E-state index is 12.2. The third kappa shape index (κ3) is 4.44. The van der Waals surface area contributed by atoms with Crippen molar-refractivity contribution in [2.24, 2.45) is 5.41 Å². The Bertz CT molecular complexity index is 501. The zero-order chi connectivity index (χ0) is 15.8. The SMILES string of the molecule is CC/C(=C\C(=O)NCC1(CO)CCCCC1)c1ccccc1. The van der Waals surface area contributed by atoms with Gasteiger partial charge in [0.1, 0.15) is 0 Å². The van der Waals surface area contributed by atoms with Crippen molar-refractivity contribution >= 4 is 11.5 Å². The molecule has 0 aliphatic heterocycles. The van der Waals surface area contributed by atoms with Gasteiger partial charge >= 0.3 is 0 Å². The third-order valence-electron chi connectivity index (χ3n) is 4.72. The predicted octanol–water partition coefficient (Wildman–Crippen LogP) is 3.54. The summed E-state index contributed by atoms with van der Waals surface area (Å²) in [5.41, 5.74) is 2.02. The zero-order valence-corrected chi connectivity index (χ0v) is 13.5. The van der Waals surface area contributed by atoms with Crippen LogP contribution in [0.2, 0.25) is 0 Å².